The highest BCUT2D eigenvalue weighted by molar-refractivity contribution is 6.21. The van der Waals surface area contributed by atoms with Gasteiger partial charge in [-0.3, -0.25) is 19.4 Å². The van der Waals surface area contributed by atoms with E-state index in [9.17, 15) is 19.5 Å². The Bertz CT molecular complexity index is 738. The first-order chi connectivity index (χ1) is 13.2. The molecule has 2 heterocycles. The Kier molecular flexibility index (Phi) is 5.71. The van der Waals surface area contributed by atoms with Crippen molar-refractivity contribution in [3.05, 3.63) is 35.4 Å². The summed E-state index contributed by atoms with van der Waals surface area (Å²) in [5.74, 6) is -0.568. The lowest BCUT2D eigenvalue weighted by molar-refractivity contribution is -0.00513. The average molecular weight is 389 g/mol. The van der Waals surface area contributed by atoms with Gasteiger partial charge >= 0.3 is 6.09 Å². The predicted molar refractivity (Wildman–Crippen MR) is 102 cm³/mol. The number of carbonyl (C=O) groups excluding carboxylic acids is 3. The van der Waals surface area contributed by atoms with Gasteiger partial charge in [0.25, 0.3) is 11.8 Å². The summed E-state index contributed by atoms with van der Waals surface area (Å²) in [5.41, 5.74) is 0.288. The molecule has 1 N–H and O–H groups in total. The van der Waals surface area contributed by atoms with Crippen LogP contribution in [0.5, 0.6) is 0 Å². The molecule has 1 aromatic carbocycles. The van der Waals surface area contributed by atoms with E-state index in [0.29, 0.717) is 37.3 Å². The number of nitrogens with zero attached hydrogens (tertiary/aromatic N) is 3. The smallest absolute Gasteiger partial charge is 0.410 e. The molecule has 2 aliphatic rings. The Hall–Kier alpha value is -2.45. The number of aliphatic hydroxyl groups is 1. The molecule has 1 saturated heterocycles. The fraction of sp³-hybridized carbons (Fsp3) is 0.550. The number of imide groups is 1. The van der Waals surface area contributed by atoms with E-state index in [2.05, 4.69) is 0 Å². The monoisotopic (exact) mass is 389 g/mol. The van der Waals surface area contributed by atoms with E-state index in [-0.39, 0.29) is 31.0 Å². The molecule has 0 bridgehead atoms. The highest BCUT2D eigenvalue weighted by Gasteiger charge is 2.36. The number of hydrogen-bond acceptors (Lipinski definition) is 6. The number of carbonyl (C=O) groups is 3. The van der Waals surface area contributed by atoms with Crippen LogP contribution in [-0.4, -0.2) is 88.7 Å². The van der Waals surface area contributed by atoms with Gasteiger partial charge in [-0.2, -0.15) is 0 Å². The minimum atomic E-state index is -0.575. The fourth-order valence-corrected chi connectivity index (χ4v) is 3.52. The first-order valence-corrected chi connectivity index (χ1v) is 9.49. The van der Waals surface area contributed by atoms with E-state index in [4.69, 9.17) is 4.74 Å². The van der Waals surface area contributed by atoms with Crippen molar-refractivity contribution < 1.29 is 24.2 Å². The second kappa shape index (κ2) is 7.89. The SMILES string of the molecule is CC(C)(C)OC(=O)N1CCN(CCN2C(=O)c3ccccc3C2=O)[C@H](CO)C1. The van der Waals surface area contributed by atoms with E-state index < -0.39 is 11.7 Å². The minimum Gasteiger partial charge on any atom is -0.444 e. The first kappa shape index (κ1) is 20.3. The van der Waals surface area contributed by atoms with Gasteiger partial charge in [-0.25, -0.2) is 4.79 Å². The van der Waals surface area contributed by atoms with Crippen molar-refractivity contribution in [2.45, 2.75) is 32.4 Å². The maximum Gasteiger partial charge on any atom is 0.410 e. The number of benzene rings is 1. The number of amides is 3. The van der Waals surface area contributed by atoms with Gasteiger partial charge in [0.2, 0.25) is 0 Å². The third kappa shape index (κ3) is 4.18. The highest BCUT2D eigenvalue weighted by atomic mass is 16.6. The van der Waals surface area contributed by atoms with Gasteiger partial charge in [-0.1, -0.05) is 12.1 Å². The van der Waals surface area contributed by atoms with E-state index in [1.165, 1.54) is 4.90 Å². The zero-order valence-corrected chi connectivity index (χ0v) is 16.6. The Morgan fingerprint density at radius 1 is 1.11 bits per heavy atom. The lowest BCUT2D eigenvalue weighted by atomic mass is 10.1. The fourth-order valence-electron chi connectivity index (χ4n) is 3.52. The third-order valence-corrected chi connectivity index (χ3v) is 4.96. The molecule has 1 fully saturated rings. The van der Waals surface area contributed by atoms with Crippen LogP contribution in [-0.2, 0) is 4.74 Å². The Morgan fingerprint density at radius 3 is 2.25 bits per heavy atom. The summed E-state index contributed by atoms with van der Waals surface area (Å²) >= 11 is 0. The van der Waals surface area contributed by atoms with Crippen molar-refractivity contribution in [2.75, 3.05) is 39.3 Å². The number of ether oxygens (including phenoxy) is 1. The molecule has 0 spiro atoms. The summed E-state index contributed by atoms with van der Waals surface area (Å²) in [7, 11) is 0. The topological polar surface area (TPSA) is 90.4 Å². The molecule has 0 unspecified atom stereocenters. The quantitative estimate of drug-likeness (QED) is 0.778. The van der Waals surface area contributed by atoms with Crippen molar-refractivity contribution >= 4 is 17.9 Å². The minimum absolute atomic E-state index is 0.124. The van der Waals surface area contributed by atoms with Crippen LogP contribution >= 0.6 is 0 Å². The highest BCUT2D eigenvalue weighted by Crippen LogP contribution is 2.22. The molecule has 8 nitrogen and oxygen atoms in total. The second-order valence-electron chi connectivity index (χ2n) is 8.11. The molecule has 1 aromatic rings. The molecular weight excluding hydrogens is 362 g/mol. The lowest BCUT2D eigenvalue weighted by Crippen LogP contribution is -2.58. The Balaban J connectivity index is 1.58. The standard InChI is InChI=1S/C20H27N3O5/c1-20(2,3)28-19(27)22-9-8-21(14(12-22)13-24)10-11-23-17(25)15-6-4-5-7-16(15)18(23)26/h4-7,14,24H,8-13H2,1-3H3/t14-/m0/s1. The Labute approximate surface area is 164 Å². The summed E-state index contributed by atoms with van der Waals surface area (Å²) < 4.78 is 5.40. The number of rotatable bonds is 4. The maximum atomic E-state index is 12.5. The van der Waals surface area contributed by atoms with Crippen molar-refractivity contribution in [3.8, 4) is 0 Å². The van der Waals surface area contributed by atoms with Gasteiger partial charge in [0.15, 0.2) is 0 Å². The van der Waals surface area contributed by atoms with Crippen LogP contribution in [0.4, 0.5) is 4.79 Å². The zero-order valence-electron chi connectivity index (χ0n) is 16.6. The van der Waals surface area contributed by atoms with Gasteiger partial charge in [0, 0.05) is 32.7 Å². The number of fused-ring (bicyclic) bond motifs is 1. The number of piperazine rings is 1. The molecule has 3 amide bonds. The van der Waals surface area contributed by atoms with Crippen LogP contribution < -0.4 is 0 Å². The molecule has 0 aliphatic carbocycles. The molecule has 1 atom stereocenters. The van der Waals surface area contributed by atoms with E-state index in [1.807, 2.05) is 25.7 Å². The largest absolute Gasteiger partial charge is 0.444 e. The van der Waals surface area contributed by atoms with Crippen LogP contribution in [0.1, 0.15) is 41.5 Å². The molecule has 0 radical (unpaired) electrons. The van der Waals surface area contributed by atoms with Gasteiger partial charge in [-0.15, -0.1) is 0 Å². The summed E-state index contributed by atoms with van der Waals surface area (Å²) in [6.07, 6.45) is -0.397. The lowest BCUT2D eigenvalue weighted by Gasteiger charge is -2.41. The number of hydrogen-bond donors (Lipinski definition) is 1. The van der Waals surface area contributed by atoms with Gasteiger partial charge in [-0.05, 0) is 32.9 Å². The molecule has 2 aliphatic heterocycles. The molecule has 0 saturated carbocycles. The van der Waals surface area contributed by atoms with Crippen LogP contribution in [0, 0.1) is 0 Å². The van der Waals surface area contributed by atoms with E-state index in [0.717, 1.165) is 0 Å². The molecule has 8 heteroatoms. The molecule has 3 rings (SSSR count). The van der Waals surface area contributed by atoms with Crippen LogP contribution in [0.3, 0.4) is 0 Å². The zero-order chi connectivity index (χ0) is 20.5. The molecule has 28 heavy (non-hydrogen) atoms. The molecular formula is C20H27N3O5. The predicted octanol–water partition coefficient (Wildman–Crippen LogP) is 1.20. The number of aliphatic hydroxyl groups excluding tert-OH is 1. The molecule has 0 aromatic heterocycles. The van der Waals surface area contributed by atoms with Crippen molar-refractivity contribution in [3.63, 3.8) is 0 Å². The first-order valence-electron chi connectivity index (χ1n) is 9.49. The Morgan fingerprint density at radius 2 is 1.71 bits per heavy atom. The third-order valence-electron chi connectivity index (χ3n) is 4.96. The van der Waals surface area contributed by atoms with Gasteiger partial charge in [0.05, 0.1) is 23.8 Å². The van der Waals surface area contributed by atoms with Crippen molar-refractivity contribution in [1.29, 1.82) is 0 Å². The van der Waals surface area contributed by atoms with Gasteiger partial charge in [0.1, 0.15) is 5.60 Å². The second-order valence-corrected chi connectivity index (χ2v) is 8.11. The maximum absolute atomic E-state index is 12.5. The van der Waals surface area contributed by atoms with Crippen LogP contribution in [0.25, 0.3) is 0 Å². The van der Waals surface area contributed by atoms with Crippen molar-refractivity contribution in [2.24, 2.45) is 0 Å². The summed E-state index contributed by atoms with van der Waals surface area (Å²) in [4.78, 5) is 42.1. The molecule has 152 valence electrons. The summed E-state index contributed by atoms with van der Waals surface area (Å²) in [6.45, 7) is 7.34. The van der Waals surface area contributed by atoms with Gasteiger partial charge < -0.3 is 14.7 Å². The van der Waals surface area contributed by atoms with E-state index >= 15 is 0 Å². The summed E-state index contributed by atoms with van der Waals surface area (Å²) in [5, 5.41) is 9.76. The normalized spacial score (nSPS) is 20.5. The van der Waals surface area contributed by atoms with E-state index in [1.54, 1.807) is 29.2 Å². The van der Waals surface area contributed by atoms with Crippen LogP contribution in [0.15, 0.2) is 24.3 Å². The average Bonchev–Trinajstić information content (AvgIpc) is 2.89. The van der Waals surface area contributed by atoms with Crippen molar-refractivity contribution in [1.82, 2.24) is 14.7 Å². The summed E-state index contributed by atoms with van der Waals surface area (Å²) in [6, 6.07) is 6.53. The van der Waals surface area contributed by atoms with Crippen LogP contribution in [0.2, 0.25) is 0 Å².